The van der Waals surface area contributed by atoms with E-state index < -0.39 is 0 Å². The van der Waals surface area contributed by atoms with Crippen LogP contribution >= 0.6 is 15.9 Å². The van der Waals surface area contributed by atoms with Crippen molar-refractivity contribution in [2.45, 2.75) is 46.2 Å². The predicted octanol–water partition coefficient (Wildman–Crippen LogP) is 2.96. The summed E-state index contributed by atoms with van der Waals surface area (Å²) in [7, 11) is 0. The van der Waals surface area contributed by atoms with Gasteiger partial charge in [0.15, 0.2) is 5.65 Å². The van der Waals surface area contributed by atoms with Gasteiger partial charge in [0.1, 0.15) is 5.82 Å². The number of rotatable bonds is 5. The Labute approximate surface area is 163 Å². The summed E-state index contributed by atoms with van der Waals surface area (Å²) in [5.41, 5.74) is 0.545. The van der Waals surface area contributed by atoms with E-state index in [4.69, 9.17) is 4.98 Å². The molecule has 3 heterocycles. The average Bonchev–Trinajstić information content (AvgIpc) is 2.84. The zero-order valence-electron chi connectivity index (χ0n) is 15.8. The minimum absolute atomic E-state index is 0.00315. The first-order valence-corrected chi connectivity index (χ1v) is 10.3. The molecule has 0 aliphatic carbocycles. The third-order valence-corrected chi connectivity index (χ3v) is 5.47. The molecule has 0 amide bonds. The number of hydrogen-bond acceptors (Lipinski definition) is 5. The molecule has 0 spiro atoms. The quantitative estimate of drug-likeness (QED) is 0.803. The molecule has 2 aromatic rings. The van der Waals surface area contributed by atoms with Crippen LogP contribution in [0, 0.1) is 5.92 Å². The van der Waals surface area contributed by atoms with Crippen molar-refractivity contribution in [1.29, 1.82) is 0 Å². The van der Waals surface area contributed by atoms with Gasteiger partial charge in [-0.15, -0.1) is 0 Å². The van der Waals surface area contributed by atoms with Crippen LogP contribution in [0.2, 0.25) is 0 Å². The molecule has 6 nitrogen and oxygen atoms in total. The molecule has 0 unspecified atom stereocenters. The minimum Gasteiger partial charge on any atom is -0.315 e. The van der Waals surface area contributed by atoms with Crippen LogP contribution < -0.4 is 10.9 Å². The van der Waals surface area contributed by atoms with Gasteiger partial charge in [0.05, 0.1) is 11.4 Å². The monoisotopic (exact) mass is 421 g/mol. The summed E-state index contributed by atoms with van der Waals surface area (Å²) >= 11 is 3.41. The van der Waals surface area contributed by atoms with Gasteiger partial charge in [-0.05, 0) is 47.8 Å². The summed E-state index contributed by atoms with van der Waals surface area (Å²) in [5, 5.41) is 4.08. The van der Waals surface area contributed by atoms with Crippen LogP contribution in [0.3, 0.4) is 0 Å². The van der Waals surface area contributed by atoms with E-state index in [1.54, 1.807) is 6.20 Å². The zero-order valence-corrected chi connectivity index (χ0v) is 17.4. The van der Waals surface area contributed by atoms with E-state index in [1.165, 1.54) is 0 Å². The third-order valence-electron chi connectivity index (χ3n) is 5.04. The Morgan fingerprint density at radius 3 is 2.96 bits per heavy atom. The van der Waals surface area contributed by atoms with Crippen molar-refractivity contribution in [2.75, 3.05) is 26.2 Å². The molecule has 1 saturated heterocycles. The maximum Gasteiger partial charge on any atom is 0.263 e. The van der Waals surface area contributed by atoms with E-state index >= 15 is 0 Å². The summed E-state index contributed by atoms with van der Waals surface area (Å²) in [5.74, 6) is 1.43. The first-order valence-electron chi connectivity index (χ1n) is 9.55. The Hall–Kier alpha value is -1.31. The summed E-state index contributed by atoms with van der Waals surface area (Å²) in [6.45, 7) is 11.1. The van der Waals surface area contributed by atoms with Crippen LogP contribution in [-0.2, 0) is 6.54 Å². The molecule has 0 radical (unpaired) electrons. The predicted molar refractivity (Wildman–Crippen MR) is 108 cm³/mol. The van der Waals surface area contributed by atoms with Gasteiger partial charge in [0.2, 0.25) is 0 Å². The van der Waals surface area contributed by atoms with Crippen LogP contribution in [0.1, 0.15) is 45.5 Å². The zero-order chi connectivity index (χ0) is 18.7. The van der Waals surface area contributed by atoms with Crippen LogP contribution in [0.4, 0.5) is 0 Å². The number of hydrogen-bond donors (Lipinski definition) is 1. The SMILES string of the molecule is CCC[C@H](c1nc2ncc(Br)cc2c(=O)n1CC)N1CCNC[C@@H](C)C1. The van der Waals surface area contributed by atoms with Gasteiger partial charge in [-0.1, -0.05) is 20.3 Å². The molecule has 1 aliphatic heterocycles. The highest BCUT2D eigenvalue weighted by molar-refractivity contribution is 9.10. The smallest absolute Gasteiger partial charge is 0.263 e. The Kier molecular flexibility index (Phi) is 6.42. The molecule has 1 aliphatic rings. The van der Waals surface area contributed by atoms with Crippen molar-refractivity contribution in [3.8, 4) is 0 Å². The molecule has 0 bridgehead atoms. The van der Waals surface area contributed by atoms with Crippen molar-refractivity contribution in [3.63, 3.8) is 0 Å². The second-order valence-electron chi connectivity index (χ2n) is 7.15. The molecule has 0 saturated carbocycles. The van der Waals surface area contributed by atoms with Crippen molar-refractivity contribution in [3.05, 3.63) is 32.9 Å². The lowest BCUT2D eigenvalue weighted by molar-refractivity contribution is 0.169. The van der Waals surface area contributed by atoms with E-state index in [-0.39, 0.29) is 11.6 Å². The Bertz CT molecular complexity index is 821. The molecule has 7 heteroatoms. The lowest BCUT2D eigenvalue weighted by Crippen LogP contribution is -2.38. The van der Waals surface area contributed by atoms with Crippen LogP contribution in [0.15, 0.2) is 21.5 Å². The standard InChI is InChI=1S/C19H28BrN5O/c1-4-6-16(24-8-7-21-10-13(3)12-24)18-23-17-15(9-14(20)11-22-17)19(26)25(18)5-2/h9,11,13,16,21H,4-8,10,12H2,1-3H3/t13-,16-/m1/s1. The topological polar surface area (TPSA) is 63.1 Å². The molecule has 2 atom stereocenters. The van der Waals surface area contributed by atoms with E-state index in [0.29, 0.717) is 23.5 Å². The molecule has 3 rings (SSSR count). The highest BCUT2D eigenvalue weighted by Gasteiger charge is 2.27. The normalized spacial score (nSPS) is 20.2. The molecule has 2 aromatic heterocycles. The number of pyridine rings is 1. The maximum atomic E-state index is 13.1. The Morgan fingerprint density at radius 1 is 1.42 bits per heavy atom. The van der Waals surface area contributed by atoms with E-state index in [9.17, 15) is 4.79 Å². The van der Waals surface area contributed by atoms with Crippen LogP contribution in [0.5, 0.6) is 0 Å². The van der Waals surface area contributed by atoms with Gasteiger partial charge in [0.25, 0.3) is 5.56 Å². The van der Waals surface area contributed by atoms with E-state index in [2.05, 4.69) is 45.0 Å². The molecule has 142 valence electrons. The van der Waals surface area contributed by atoms with Crippen LogP contribution in [-0.4, -0.2) is 45.6 Å². The van der Waals surface area contributed by atoms with Crippen LogP contribution in [0.25, 0.3) is 11.0 Å². The molecule has 0 aromatic carbocycles. The lowest BCUT2D eigenvalue weighted by Gasteiger charge is -2.32. The van der Waals surface area contributed by atoms with Gasteiger partial charge in [-0.2, -0.15) is 0 Å². The minimum atomic E-state index is 0.00315. The van der Waals surface area contributed by atoms with Crippen molar-refractivity contribution in [2.24, 2.45) is 5.92 Å². The first kappa shape index (κ1) is 19.5. The number of fused-ring (bicyclic) bond motifs is 1. The number of halogens is 1. The average molecular weight is 422 g/mol. The molecule has 1 fully saturated rings. The van der Waals surface area contributed by atoms with Crippen molar-refractivity contribution >= 4 is 27.0 Å². The van der Waals surface area contributed by atoms with Gasteiger partial charge in [-0.3, -0.25) is 14.3 Å². The number of nitrogens with zero attached hydrogens (tertiary/aromatic N) is 4. The first-order chi connectivity index (χ1) is 12.5. The third kappa shape index (κ3) is 4.00. The Balaban J connectivity index is 2.12. The van der Waals surface area contributed by atoms with Gasteiger partial charge < -0.3 is 5.32 Å². The second-order valence-corrected chi connectivity index (χ2v) is 8.07. The summed E-state index contributed by atoms with van der Waals surface area (Å²) in [6.07, 6.45) is 3.75. The molecular formula is C19H28BrN5O. The van der Waals surface area contributed by atoms with Crippen molar-refractivity contribution < 1.29 is 0 Å². The fourth-order valence-corrected chi connectivity index (χ4v) is 4.15. The largest absolute Gasteiger partial charge is 0.315 e. The second kappa shape index (κ2) is 8.59. The molecule has 26 heavy (non-hydrogen) atoms. The van der Waals surface area contributed by atoms with E-state index in [0.717, 1.165) is 49.3 Å². The van der Waals surface area contributed by atoms with Gasteiger partial charge in [0, 0.05) is 36.8 Å². The highest BCUT2D eigenvalue weighted by Crippen LogP contribution is 2.26. The summed E-state index contributed by atoms with van der Waals surface area (Å²) in [6, 6.07) is 1.96. The summed E-state index contributed by atoms with van der Waals surface area (Å²) < 4.78 is 2.64. The lowest BCUT2D eigenvalue weighted by atomic mass is 10.1. The fraction of sp³-hybridized carbons (Fsp3) is 0.632. The molecule has 1 N–H and O–H groups in total. The Morgan fingerprint density at radius 2 is 2.23 bits per heavy atom. The number of nitrogens with one attached hydrogen (secondary N) is 1. The highest BCUT2D eigenvalue weighted by atomic mass is 79.9. The number of aromatic nitrogens is 3. The van der Waals surface area contributed by atoms with Gasteiger partial charge >= 0.3 is 0 Å². The molecular weight excluding hydrogens is 394 g/mol. The van der Waals surface area contributed by atoms with E-state index in [1.807, 2.05) is 17.6 Å². The summed E-state index contributed by atoms with van der Waals surface area (Å²) in [4.78, 5) is 24.8. The van der Waals surface area contributed by atoms with Crippen molar-refractivity contribution in [1.82, 2.24) is 24.8 Å². The fourth-order valence-electron chi connectivity index (χ4n) is 3.82. The van der Waals surface area contributed by atoms with Gasteiger partial charge in [-0.25, -0.2) is 9.97 Å². The maximum absolute atomic E-state index is 13.1.